The number of hydrogen-bond donors (Lipinski definition) is 2. The van der Waals surface area contributed by atoms with Gasteiger partial charge in [-0.3, -0.25) is 14.6 Å². The number of thiophene rings is 1. The van der Waals surface area contributed by atoms with E-state index < -0.39 is 0 Å². The van der Waals surface area contributed by atoms with E-state index in [0.29, 0.717) is 24.3 Å². The van der Waals surface area contributed by atoms with Gasteiger partial charge in [0, 0.05) is 54.5 Å². The first-order chi connectivity index (χ1) is 13.1. The molecule has 0 aliphatic carbocycles. The maximum atomic E-state index is 12.7. The van der Waals surface area contributed by atoms with Gasteiger partial charge in [-0.1, -0.05) is 0 Å². The van der Waals surface area contributed by atoms with Crippen LogP contribution in [0, 0.1) is 0 Å². The highest BCUT2D eigenvalue weighted by Gasteiger charge is 2.39. The van der Waals surface area contributed by atoms with E-state index >= 15 is 0 Å². The zero-order chi connectivity index (χ0) is 18.5. The predicted molar refractivity (Wildman–Crippen MR) is 105 cm³/mol. The average Bonchev–Trinajstić information content (AvgIpc) is 3.38. The van der Waals surface area contributed by atoms with Gasteiger partial charge >= 0.3 is 0 Å². The van der Waals surface area contributed by atoms with Gasteiger partial charge in [-0.15, -0.1) is 11.3 Å². The van der Waals surface area contributed by atoms with Crippen LogP contribution < -0.4 is 15.5 Å². The topological polar surface area (TPSA) is 77.6 Å². The number of hydrogen-bond acceptors (Lipinski definition) is 6. The summed E-state index contributed by atoms with van der Waals surface area (Å²) in [5.41, 5.74) is 0.466. The number of likely N-dealkylation sites (N-methyl/N-ethyl adjacent to an activating group) is 1. The maximum Gasteiger partial charge on any atom is 0.270 e. The third-order valence-electron chi connectivity index (χ3n) is 6.01. The average molecular weight is 385 g/mol. The van der Waals surface area contributed by atoms with Gasteiger partial charge < -0.3 is 20.4 Å². The summed E-state index contributed by atoms with van der Waals surface area (Å²) in [6.07, 6.45) is 5.13. The zero-order valence-corrected chi connectivity index (χ0v) is 16.1. The molecule has 3 atom stereocenters. The highest BCUT2D eigenvalue weighted by atomic mass is 32.1. The fourth-order valence-electron chi connectivity index (χ4n) is 4.37. The van der Waals surface area contributed by atoms with Gasteiger partial charge in [0.25, 0.3) is 5.91 Å². The molecule has 0 saturated carbocycles. The van der Waals surface area contributed by atoms with Gasteiger partial charge in [-0.2, -0.15) is 0 Å². The molecule has 142 valence electrons. The van der Waals surface area contributed by atoms with Crippen molar-refractivity contribution in [1.82, 2.24) is 20.5 Å². The fraction of sp³-hybridized carbons (Fsp3) is 0.526. The fourth-order valence-corrected chi connectivity index (χ4v) is 5.47. The van der Waals surface area contributed by atoms with E-state index in [1.54, 1.807) is 22.4 Å². The van der Waals surface area contributed by atoms with Crippen LogP contribution in [0.25, 0.3) is 10.1 Å². The third kappa shape index (κ3) is 3.06. The van der Waals surface area contributed by atoms with Crippen molar-refractivity contribution in [3.8, 4) is 0 Å². The number of fused-ring (bicyclic) bond motifs is 3. The highest BCUT2D eigenvalue weighted by molar-refractivity contribution is 7.22. The molecule has 0 radical (unpaired) electrons. The molecule has 8 heteroatoms. The number of carbonyl (C=O) groups is 2. The van der Waals surface area contributed by atoms with E-state index in [9.17, 15) is 9.59 Å². The quantitative estimate of drug-likeness (QED) is 0.830. The molecule has 3 fully saturated rings. The Labute approximate surface area is 161 Å². The summed E-state index contributed by atoms with van der Waals surface area (Å²) in [6.45, 7) is 1.96. The summed E-state index contributed by atoms with van der Waals surface area (Å²) >= 11 is 1.62. The lowest BCUT2D eigenvalue weighted by Gasteiger charge is -2.32. The van der Waals surface area contributed by atoms with E-state index in [0.717, 1.165) is 41.0 Å². The van der Waals surface area contributed by atoms with E-state index in [2.05, 4.69) is 26.6 Å². The van der Waals surface area contributed by atoms with Crippen LogP contribution in [0.4, 0.5) is 5.00 Å². The number of nitrogens with zero attached hydrogens (tertiary/aromatic N) is 3. The minimum Gasteiger partial charge on any atom is -0.352 e. The van der Waals surface area contributed by atoms with Gasteiger partial charge in [0.2, 0.25) is 5.91 Å². The minimum atomic E-state index is -0.0963. The Morgan fingerprint density at radius 2 is 2.22 bits per heavy atom. The molecule has 2 amide bonds. The summed E-state index contributed by atoms with van der Waals surface area (Å²) < 4.78 is 1.03. The molecule has 7 nitrogen and oxygen atoms in total. The van der Waals surface area contributed by atoms with Crippen LogP contribution in [0.5, 0.6) is 0 Å². The number of anilines is 1. The second-order valence-electron chi connectivity index (χ2n) is 7.79. The molecule has 0 aromatic carbocycles. The molecule has 5 rings (SSSR count). The van der Waals surface area contributed by atoms with Crippen LogP contribution >= 0.6 is 11.3 Å². The Morgan fingerprint density at radius 3 is 2.96 bits per heavy atom. The Kier molecular flexibility index (Phi) is 4.05. The molecular formula is C19H23N5O2S. The van der Waals surface area contributed by atoms with E-state index in [1.807, 2.05) is 13.1 Å². The second kappa shape index (κ2) is 6.45. The number of aromatic nitrogens is 1. The standard InChI is InChI=1S/C19H23N5O2S/c1-23-4-5-24(10-17(23)25)18-6-11-9-20-15(8-16(11)27-18)19(26)22-14-7-12-2-3-13(14)21-12/h6,8-9,12-14,21H,2-5,7,10H2,1H3,(H,22,26)/t12-,13+,14-/m1/s1. The molecule has 2 bridgehead atoms. The van der Waals surface area contributed by atoms with Crippen LogP contribution in [0.1, 0.15) is 29.8 Å². The Morgan fingerprint density at radius 1 is 1.33 bits per heavy atom. The minimum absolute atomic E-state index is 0.0963. The lowest BCUT2D eigenvalue weighted by molar-refractivity contribution is -0.129. The predicted octanol–water partition coefficient (Wildman–Crippen LogP) is 1.20. The molecule has 3 aliphatic heterocycles. The van der Waals surface area contributed by atoms with E-state index in [1.165, 1.54) is 6.42 Å². The van der Waals surface area contributed by atoms with Crippen LogP contribution in [-0.4, -0.2) is 66.5 Å². The number of nitrogens with one attached hydrogen (secondary N) is 2. The summed E-state index contributed by atoms with van der Waals surface area (Å²) in [7, 11) is 1.84. The lowest BCUT2D eigenvalue weighted by atomic mass is 9.95. The molecule has 5 heterocycles. The Bertz CT molecular complexity index is 913. The monoisotopic (exact) mass is 385 g/mol. The molecule has 3 saturated heterocycles. The van der Waals surface area contributed by atoms with Gasteiger partial charge in [0.05, 0.1) is 11.5 Å². The molecule has 2 N–H and O–H groups in total. The molecule has 3 aliphatic rings. The molecule has 2 aromatic rings. The number of carbonyl (C=O) groups excluding carboxylic acids is 2. The van der Waals surface area contributed by atoms with Gasteiger partial charge in [-0.25, -0.2) is 0 Å². The molecule has 27 heavy (non-hydrogen) atoms. The number of amides is 2. The second-order valence-corrected chi connectivity index (χ2v) is 8.85. The van der Waals surface area contributed by atoms with Crippen LogP contribution in [0.15, 0.2) is 18.3 Å². The zero-order valence-electron chi connectivity index (χ0n) is 15.3. The van der Waals surface area contributed by atoms with Crippen molar-refractivity contribution in [2.75, 3.05) is 31.6 Å². The Balaban J connectivity index is 1.33. The summed E-state index contributed by atoms with van der Waals surface area (Å²) in [4.78, 5) is 32.9. The maximum absolute atomic E-state index is 12.7. The SMILES string of the molecule is CN1CCN(c2cc3cnc(C(=O)N[C@@H]4C[C@H]5CC[C@@H]4N5)cc3s2)CC1=O. The van der Waals surface area contributed by atoms with E-state index in [-0.39, 0.29) is 17.9 Å². The van der Waals surface area contributed by atoms with Crippen molar-refractivity contribution in [2.45, 2.75) is 37.4 Å². The van der Waals surface area contributed by atoms with Crippen LogP contribution in [-0.2, 0) is 4.79 Å². The highest BCUT2D eigenvalue weighted by Crippen LogP contribution is 2.33. The first-order valence-corrected chi connectivity index (χ1v) is 10.3. The van der Waals surface area contributed by atoms with Gasteiger partial charge in [-0.05, 0) is 31.4 Å². The third-order valence-corrected chi connectivity index (χ3v) is 7.17. The van der Waals surface area contributed by atoms with Gasteiger partial charge in [0.15, 0.2) is 0 Å². The number of pyridine rings is 1. The van der Waals surface area contributed by atoms with Crippen molar-refractivity contribution >= 4 is 38.2 Å². The molecular weight excluding hydrogens is 362 g/mol. The van der Waals surface area contributed by atoms with Crippen molar-refractivity contribution in [1.29, 1.82) is 0 Å². The number of piperazine rings is 1. The number of rotatable bonds is 3. The molecule has 2 aromatic heterocycles. The Hall–Kier alpha value is -2.19. The van der Waals surface area contributed by atoms with Crippen molar-refractivity contribution in [3.05, 3.63) is 24.0 Å². The van der Waals surface area contributed by atoms with Gasteiger partial charge in [0.1, 0.15) is 5.69 Å². The largest absolute Gasteiger partial charge is 0.352 e. The summed E-state index contributed by atoms with van der Waals surface area (Å²) in [5, 5.41) is 8.77. The first-order valence-electron chi connectivity index (χ1n) is 9.52. The normalized spacial score (nSPS) is 27.6. The summed E-state index contributed by atoms with van der Waals surface area (Å²) in [6, 6.07) is 5.11. The smallest absolute Gasteiger partial charge is 0.270 e. The first kappa shape index (κ1) is 16.9. The van der Waals surface area contributed by atoms with Crippen LogP contribution in [0.3, 0.4) is 0 Å². The summed E-state index contributed by atoms with van der Waals surface area (Å²) in [5.74, 6) is 0.0392. The molecule has 0 unspecified atom stereocenters. The van der Waals surface area contributed by atoms with Crippen LogP contribution in [0.2, 0.25) is 0 Å². The molecule has 0 spiro atoms. The van der Waals surface area contributed by atoms with Crippen molar-refractivity contribution in [2.24, 2.45) is 0 Å². The lowest BCUT2D eigenvalue weighted by Crippen LogP contribution is -2.48. The van der Waals surface area contributed by atoms with E-state index in [4.69, 9.17) is 0 Å². The van der Waals surface area contributed by atoms with Crippen molar-refractivity contribution in [3.63, 3.8) is 0 Å². The van der Waals surface area contributed by atoms with Crippen molar-refractivity contribution < 1.29 is 9.59 Å².